The van der Waals surface area contributed by atoms with Gasteiger partial charge in [-0.05, 0) is 20.8 Å². The monoisotopic (exact) mass is 176 g/mol. The Bertz CT molecular complexity index is 184. The van der Waals surface area contributed by atoms with E-state index >= 15 is 0 Å². The van der Waals surface area contributed by atoms with E-state index in [2.05, 4.69) is 0 Å². The Morgan fingerprint density at radius 2 is 1.75 bits per heavy atom. The topological polar surface area (TPSA) is 87.7 Å². The fraction of sp³-hybridized carbons (Fsp3) is 0.667. The number of amides is 2. The molecular weight excluding hydrogens is 164 g/mol. The predicted molar refractivity (Wildman–Crippen MR) is 40.5 cm³/mol. The van der Waals surface area contributed by atoms with E-state index in [-0.39, 0.29) is 0 Å². The smallest absolute Gasteiger partial charge is 0.426 e. The van der Waals surface area contributed by atoms with Crippen LogP contribution in [0.15, 0.2) is 0 Å². The summed E-state index contributed by atoms with van der Waals surface area (Å²) in [6.07, 6.45) is -2.18. The lowest BCUT2D eigenvalue weighted by atomic mass is 10.2. The molecule has 0 rings (SSSR count). The van der Waals surface area contributed by atoms with Gasteiger partial charge in [0.05, 0.1) is 0 Å². The van der Waals surface area contributed by atoms with Crippen LogP contribution in [0.2, 0.25) is 0 Å². The maximum Gasteiger partial charge on any atom is 0.426 e. The van der Waals surface area contributed by atoms with Crippen molar-refractivity contribution in [1.29, 1.82) is 0 Å². The fourth-order valence-corrected chi connectivity index (χ4v) is 0.408. The third kappa shape index (κ3) is 6.66. The molecule has 70 valence electrons. The summed E-state index contributed by atoms with van der Waals surface area (Å²) in [5, 5.41) is 8.08. The van der Waals surface area contributed by atoms with Crippen LogP contribution in [0.3, 0.4) is 0 Å². The molecule has 12 heavy (non-hydrogen) atoms. The summed E-state index contributed by atoms with van der Waals surface area (Å²) in [5.74, 6) is 0. The van der Waals surface area contributed by atoms with Gasteiger partial charge in [-0.1, -0.05) is 0 Å². The summed E-state index contributed by atoms with van der Waals surface area (Å²) in [6, 6.07) is 0. The second kappa shape index (κ2) is 3.80. The average Bonchev–Trinajstić information content (AvgIpc) is 1.79. The molecule has 0 spiro atoms. The molecule has 0 unspecified atom stereocenters. The third-order valence-electron chi connectivity index (χ3n) is 0.670. The lowest BCUT2D eigenvalue weighted by molar-refractivity contribution is 0.0496. The molecule has 0 aromatic heterocycles. The standard InChI is InChI=1S/C6H12N2O4/c1-6(2,3)12-5(11)8-7-4(9)10/h7H,1-3H3,(H,8,11)(H,9,10). The van der Waals surface area contributed by atoms with Crippen molar-refractivity contribution in [3.05, 3.63) is 0 Å². The number of carboxylic acid groups (broad SMARTS) is 1. The summed E-state index contributed by atoms with van der Waals surface area (Å²) in [4.78, 5) is 20.6. The first-order chi connectivity index (χ1) is 5.31. The largest absolute Gasteiger partial charge is 0.464 e. The van der Waals surface area contributed by atoms with Gasteiger partial charge in [-0.2, -0.15) is 0 Å². The van der Waals surface area contributed by atoms with Crippen molar-refractivity contribution in [2.75, 3.05) is 0 Å². The molecule has 0 aromatic rings. The molecular formula is C6H12N2O4. The van der Waals surface area contributed by atoms with E-state index in [1.165, 1.54) is 0 Å². The van der Waals surface area contributed by atoms with Gasteiger partial charge in [0.15, 0.2) is 0 Å². The Kier molecular flexibility index (Phi) is 3.33. The number of nitrogens with one attached hydrogen (secondary N) is 2. The highest BCUT2D eigenvalue weighted by Crippen LogP contribution is 2.05. The summed E-state index contributed by atoms with van der Waals surface area (Å²) < 4.78 is 4.71. The van der Waals surface area contributed by atoms with Crippen LogP contribution in [0.25, 0.3) is 0 Å². The minimum atomic E-state index is -1.35. The Morgan fingerprint density at radius 1 is 1.25 bits per heavy atom. The van der Waals surface area contributed by atoms with Crippen LogP contribution in [0, 0.1) is 0 Å². The van der Waals surface area contributed by atoms with Crippen LogP contribution < -0.4 is 10.9 Å². The number of hydrazine groups is 1. The van der Waals surface area contributed by atoms with Gasteiger partial charge in [0.25, 0.3) is 0 Å². The van der Waals surface area contributed by atoms with Gasteiger partial charge in [-0.25, -0.2) is 20.4 Å². The molecule has 0 fully saturated rings. The lowest BCUT2D eigenvalue weighted by Crippen LogP contribution is -2.43. The molecule has 6 heteroatoms. The molecule has 0 saturated heterocycles. The second-order valence-electron chi connectivity index (χ2n) is 3.06. The highest BCUT2D eigenvalue weighted by atomic mass is 16.6. The Balaban J connectivity index is 3.68. The first kappa shape index (κ1) is 10.5. The molecule has 0 heterocycles. The molecule has 0 atom stereocenters. The highest BCUT2D eigenvalue weighted by Gasteiger charge is 2.15. The van der Waals surface area contributed by atoms with Crippen molar-refractivity contribution in [3.63, 3.8) is 0 Å². The molecule has 3 N–H and O–H groups in total. The van der Waals surface area contributed by atoms with Crippen LogP contribution in [0.5, 0.6) is 0 Å². The number of carbonyl (C=O) groups excluding carboxylic acids is 1. The first-order valence-electron chi connectivity index (χ1n) is 3.29. The van der Waals surface area contributed by atoms with Gasteiger partial charge in [-0.15, -0.1) is 0 Å². The van der Waals surface area contributed by atoms with Crippen molar-refractivity contribution in [3.8, 4) is 0 Å². The summed E-state index contributed by atoms with van der Waals surface area (Å²) in [7, 11) is 0. The third-order valence-corrected chi connectivity index (χ3v) is 0.670. The van der Waals surface area contributed by atoms with E-state index < -0.39 is 17.8 Å². The normalized spacial score (nSPS) is 10.2. The van der Waals surface area contributed by atoms with Crippen LogP contribution in [-0.4, -0.2) is 22.9 Å². The predicted octanol–water partition coefficient (Wildman–Crippen LogP) is 0.694. The molecule has 0 aromatic carbocycles. The number of rotatable bonds is 0. The van der Waals surface area contributed by atoms with E-state index in [9.17, 15) is 9.59 Å². The minimum Gasteiger partial charge on any atom is -0.464 e. The van der Waals surface area contributed by atoms with Crippen LogP contribution >= 0.6 is 0 Å². The summed E-state index contributed by atoms with van der Waals surface area (Å²) in [5.41, 5.74) is 2.85. The quantitative estimate of drug-likeness (QED) is 0.474. The summed E-state index contributed by atoms with van der Waals surface area (Å²) in [6.45, 7) is 5.02. The van der Waals surface area contributed by atoms with Gasteiger partial charge in [-0.3, -0.25) is 0 Å². The fourth-order valence-electron chi connectivity index (χ4n) is 0.408. The van der Waals surface area contributed by atoms with Gasteiger partial charge in [0.1, 0.15) is 5.60 Å². The molecule has 0 aliphatic carbocycles. The summed E-state index contributed by atoms with van der Waals surface area (Å²) >= 11 is 0. The molecule has 0 saturated carbocycles. The maximum atomic E-state index is 10.7. The molecule has 0 aliphatic rings. The van der Waals surface area contributed by atoms with E-state index in [0.717, 1.165) is 0 Å². The molecule has 2 amide bonds. The average molecular weight is 176 g/mol. The Labute approximate surface area is 69.9 Å². The number of hydrogen-bond donors (Lipinski definition) is 3. The van der Waals surface area contributed by atoms with Crippen LogP contribution in [0.1, 0.15) is 20.8 Å². The van der Waals surface area contributed by atoms with Crippen molar-refractivity contribution < 1.29 is 19.4 Å². The van der Waals surface area contributed by atoms with E-state index in [1.807, 2.05) is 5.43 Å². The Morgan fingerprint density at radius 3 is 2.08 bits per heavy atom. The minimum absolute atomic E-state index is 0.635. The van der Waals surface area contributed by atoms with E-state index in [1.54, 1.807) is 26.2 Å². The van der Waals surface area contributed by atoms with Gasteiger partial charge >= 0.3 is 12.2 Å². The lowest BCUT2D eigenvalue weighted by Gasteiger charge is -2.19. The SMILES string of the molecule is CC(C)(C)OC(=O)NNC(=O)O. The van der Waals surface area contributed by atoms with Gasteiger partial charge in [0, 0.05) is 0 Å². The van der Waals surface area contributed by atoms with E-state index in [4.69, 9.17) is 9.84 Å². The number of hydrogen-bond acceptors (Lipinski definition) is 3. The number of ether oxygens (including phenoxy) is 1. The molecule has 0 aliphatic heterocycles. The van der Waals surface area contributed by atoms with Gasteiger partial charge < -0.3 is 9.84 Å². The molecule has 0 radical (unpaired) electrons. The highest BCUT2D eigenvalue weighted by molar-refractivity contribution is 5.72. The second-order valence-corrected chi connectivity index (χ2v) is 3.06. The zero-order chi connectivity index (χ0) is 9.78. The van der Waals surface area contributed by atoms with Crippen molar-refractivity contribution in [1.82, 2.24) is 10.9 Å². The Hall–Kier alpha value is -1.46. The molecule has 6 nitrogen and oxygen atoms in total. The number of carbonyl (C=O) groups is 2. The maximum absolute atomic E-state index is 10.7. The van der Waals surface area contributed by atoms with E-state index in [0.29, 0.717) is 0 Å². The van der Waals surface area contributed by atoms with Crippen molar-refractivity contribution in [2.45, 2.75) is 26.4 Å². The van der Waals surface area contributed by atoms with Crippen molar-refractivity contribution in [2.24, 2.45) is 0 Å². The van der Waals surface area contributed by atoms with Crippen molar-refractivity contribution >= 4 is 12.2 Å². The van der Waals surface area contributed by atoms with Crippen LogP contribution in [-0.2, 0) is 4.74 Å². The van der Waals surface area contributed by atoms with Gasteiger partial charge in [0.2, 0.25) is 0 Å². The first-order valence-corrected chi connectivity index (χ1v) is 3.29. The zero-order valence-corrected chi connectivity index (χ0v) is 7.17. The molecule has 0 bridgehead atoms. The zero-order valence-electron chi connectivity index (χ0n) is 7.17. The van der Waals surface area contributed by atoms with Crippen LogP contribution in [0.4, 0.5) is 9.59 Å².